The van der Waals surface area contributed by atoms with Gasteiger partial charge in [-0.1, -0.05) is 13.3 Å². The third-order valence-electron chi connectivity index (χ3n) is 2.96. The SMILES string of the molecule is CCC1CCCNC1CNC(=O)NC. The monoisotopic (exact) mass is 199 g/mol. The molecule has 0 spiro atoms. The molecule has 0 aliphatic carbocycles. The van der Waals surface area contributed by atoms with E-state index in [9.17, 15) is 4.79 Å². The fourth-order valence-electron chi connectivity index (χ4n) is 2.04. The summed E-state index contributed by atoms with van der Waals surface area (Å²) in [7, 11) is 1.64. The number of hydrogen-bond donors (Lipinski definition) is 3. The van der Waals surface area contributed by atoms with Crippen molar-refractivity contribution < 1.29 is 4.79 Å². The molecule has 1 rings (SSSR count). The molecule has 2 amide bonds. The van der Waals surface area contributed by atoms with Crippen molar-refractivity contribution in [1.82, 2.24) is 16.0 Å². The first-order chi connectivity index (χ1) is 6.77. The van der Waals surface area contributed by atoms with Crippen LogP contribution in [0.3, 0.4) is 0 Å². The van der Waals surface area contributed by atoms with Crippen LogP contribution in [0.15, 0.2) is 0 Å². The molecule has 2 atom stereocenters. The second kappa shape index (κ2) is 5.86. The third kappa shape index (κ3) is 3.18. The van der Waals surface area contributed by atoms with Crippen molar-refractivity contribution in [2.45, 2.75) is 32.2 Å². The summed E-state index contributed by atoms with van der Waals surface area (Å²) >= 11 is 0. The van der Waals surface area contributed by atoms with Crippen LogP contribution in [0, 0.1) is 5.92 Å². The molecule has 4 nitrogen and oxygen atoms in total. The fraction of sp³-hybridized carbons (Fsp3) is 0.900. The molecule has 1 aliphatic rings. The molecular weight excluding hydrogens is 178 g/mol. The normalized spacial score (nSPS) is 27.0. The van der Waals surface area contributed by atoms with Gasteiger partial charge in [0.15, 0.2) is 0 Å². The van der Waals surface area contributed by atoms with Crippen LogP contribution in [0.5, 0.6) is 0 Å². The van der Waals surface area contributed by atoms with E-state index in [4.69, 9.17) is 0 Å². The van der Waals surface area contributed by atoms with Crippen molar-refractivity contribution in [3.63, 3.8) is 0 Å². The van der Waals surface area contributed by atoms with E-state index in [0.717, 1.165) is 13.1 Å². The van der Waals surface area contributed by atoms with Crippen molar-refractivity contribution in [3.05, 3.63) is 0 Å². The van der Waals surface area contributed by atoms with E-state index in [1.807, 2.05) is 0 Å². The quantitative estimate of drug-likeness (QED) is 0.626. The van der Waals surface area contributed by atoms with Crippen LogP contribution in [0.1, 0.15) is 26.2 Å². The lowest BCUT2D eigenvalue weighted by atomic mass is 9.89. The predicted octanol–water partition coefficient (Wildman–Crippen LogP) is 0.694. The number of hydrogen-bond acceptors (Lipinski definition) is 2. The van der Waals surface area contributed by atoms with Crippen molar-refractivity contribution in [1.29, 1.82) is 0 Å². The molecule has 0 aromatic carbocycles. The summed E-state index contributed by atoms with van der Waals surface area (Å²) in [5.41, 5.74) is 0. The van der Waals surface area contributed by atoms with Gasteiger partial charge in [0.2, 0.25) is 0 Å². The van der Waals surface area contributed by atoms with E-state index in [2.05, 4.69) is 22.9 Å². The van der Waals surface area contributed by atoms with E-state index in [1.165, 1.54) is 19.3 Å². The summed E-state index contributed by atoms with van der Waals surface area (Å²) in [6, 6.07) is 0.360. The molecule has 1 heterocycles. The molecule has 0 saturated carbocycles. The second-order valence-corrected chi connectivity index (χ2v) is 3.83. The lowest BCUT2D eigenvalue weighted by Gasteiger charge is -2.32. The standard InChI is InChI=1S/C10H21N3O/c1-3-8-5-4-6-12-9(8)7-13-10(14)11-2/h8-9,12H,3-7H2,1-2H3,(H2,11,13,14). The van der Waals surface area contributed by atoms with Crippen LogP contribution in [-0.4, -0.2) is 32.2 Å². The summed E-state index contributed by atoms with van der Waals surface area (Å²) in [5.74, 6) is 0.709. The molecular formula is C10H21N3O. The molecule has 1 saturated heterocycles. The van der Waals surface area contributed by atoms with Gasteiger partial charge < -0.3 is 16.0 Å². The highest BCUT2D eigenvalue weighted by Crippen LogP contribution is 2.18. The van der Waals surface area contributed by atoms with Gasteiger partial charge in [0, 0.05) is 19.6 Å². The Kier molecular flexibility index (Phi) is 4.73. The van der Waals surface area contributed by atoms with Crippen LogP contribution in [0.2, 0.25) is 0 Å². The maximum atomic E-state index is 11.0. The molecule has 0 bridgehead atoms. The highest BCUT2D eigenvalue weighted by Gasteiger charge is 2.22. The van der Waals surface area contributed by atoms with E-state index in [0.29, 0.717) is 12.0 Å². The topological polar surface area (TPSA) is 53.2 Å². The zero-order valence-corrected chi connectivity index (χ0v) is 9.10. The van der Waals surface area contributed by atoms with E-state index in [1.54, 1.807) is 7.05 Å². The molecule has 0 radical (unpaired) electrons. The van der Waals surface area contributed by atoms with E-state index < -0.39 is 0 Å². The summed E-state index contributed by atoms with van der Waals surface area (Å²) in [5, 5.41) is 8.87. The Balaban J connectivity index is 2.29. The van der Waals surface area contributed by atoms with Gasteiger partial charge in [0.1, 0.15) is 0 Å². The fourth-order valence-corrected chi connectivity index (χ4v) is 2.04. The third-order valence-corrected chi connectivity index (χ3v) is 2.96. The second-order valence-electron chi connectivity index (χ2n) is 3.83. The first-order valence-corrected chi connectivity index (χ1v) is 5.47. The Hall–Kier alpha value is -0.770. The molecule has 1 aliphatic heterocycles. The molecule has 14 heavy (non-hydrogen) atoms. The molecule has 0 aromatic heterocycles. The number of carbonyl (C=O) groups excluding carboxylic acids is 1. The van der Waals surface area contributed by atoms with Crippen molar-refractivity contribution >= 4 is 6.03 Å². The average molecular weight is 199 g/mol. The Morgan fingerprint density at radius 3 is 3.00 bits per heavy atom. The van der Waals surface area contributed by atoms with Crippen LogP contribution >= 0.6 is 0 Å². The first-order valence-electron chi connectivity index (χ1n) is 5.47. The molecule has 1 fully saturated rings. The Morgan fingerprint density at radius 2 is 2.36 bits per heavy atom. The Bertz CT molecular complexity index is 184. The first kappa shape index (κ1) is 11.3. The Labute approximate surface area is 85.8 Å². The molecule has 4 heteroatoms. The van der Waals surface area contributed by atoms with Gasteiger partial charge in [-0.3, -0.25) is 0 Å². The lowest BCUT2D eigenvalue weighted by molar-refractivity contribution is 0.232. The van der Waals surface area contributed by atoms with Crippen molar-refractivity contribution in [2.24, 2.45) is 5.92 Å². The average Bonchev–Trinajstić information content (AvgIpc) is 2.26. The van der Waals surface area contributed by atoms with Crippen LogP contribution in [0.4, 0.5) is 4.79 Å². The zero-order chi connectivity index (χ0) is 10.4. The van der Waals surface area contributed by atoms with Crippen LogP contribution in [-0.2, 0) is 0 Å². The zero-order valence-electron chi connectivity index (χ0n) is 9.10. The Morgan fingerprint density at radius 1 is 1.57 bits per heavy atom. The summed E-state index contributed by atoms with van der Waals surface area (Å²) in [6.07, 6.45) is 3.73. The van der Waals surface area contributed by atoms with Gasteiger partial charge in [0.25, 0.3) is 0 Å². The number of piperidine rings is 1. The highest BCUT2D eigenvalue weighted by molar-refractivity contribution is 5.73. The summed E-state index contributed by atoms with van der Waals surface area (Å²) < 4.78 is 0. The number of amides is 2. The number of nitrogens with one attached hydrogen (secondary N) is 3. The van der Waals surface area contributed by atoms with Crippen molar-refractivity contribution in [2.75, 3.05) is 20.1 Å². The van der Waals surface area contributed by atoms with E-state index in [-0.39, 0.29) is 6.03 Å². The molecule has 82 valence electrons. The van der Waals surface area contributed by atoms with Crippen LogP contribution in [0.25, 0.3) is 0 Å². The maximum Gasteiger partial charge on any atom is 0.314 e. The molecule has 2 unspecified atom stereocenters. The number of urea groups is 1. The summed E-state index contributed by atoms with van der Waals surface area (Å²) in [6.45, 7) is 4.03. The van der Waals surface area contributed by atoms with Crippen LogP contribution < -0.4 is 16.0 Å². The number of carbonyl (C=O) groups is 1. The maximum absolute atomic E-state index is 11.0. The highest BCUT2D eigenvalue weighted by atomic mass is 16.2. The summed E-state index contributed by atoms with van der Waals surface area (Å²) in [4.78, 5) is 11.0. The molecule has 0 aromatic rings. The van der Waals surface area contributed by atoms with Gasteiger partial charge in [-0.15, -0.1) is 0 Å². The smallest absolute Gasteiger partial charge is 0.314 e. The minimum absolute atomic E-state index is 0.0905. The van der Waals surface area contributed by atoms with Gasteiger partial charge in [-0.05, 0) is 25.3 Å². The van der Waals surface area contributed by atoms with Gasteiger partial charge in [-0.2, -0.15) is 0 Å². The lowest BCUT2D eigenvalue weighted by Crippen LogP contribution is -2.49. The largest absolute Gasteiger partial charge is 0.341 e. The van der Waals surface area contributed by atoms with Crippen molar-refractivity contribution in [3.8, 4) is 0 Å². The van der Waals surface area contributed by atoms with Gasteiger partial charge in [0.05, 0.1) is 0 Å². The van der Waals surface area contributed by atoms with Gasteiger partial charge >= 0.3 is 6.03 Å². The number of rotatable bonds is 3. The minimum atomic E-state index is -0.0905. The van der Waals surface area contributed by atoms with Gasteiger partial charge in [-0.25, -0.2) is 4.79 Å². The minimum Gasteiger partial charge on any atom is -0.341 e. The molecule has 3 N–H and O–H groups in total. The predicted molar refractivity (Wildman–Crippen MR) is 57.3 cm³/mol. The van der Waals surface area contributed by atoms with E-state index >= 15 is 0 Å².